The van der Waals surface area contributed by atoms with Crippen LogP contribution in [0, 0.1) is 5.92 Å². The fourth-order valence-corrected chi connectivity index (χ4v) is 2.76. The largest absolute Gasteiger partial charge is 0.329 e. The number of carbonyl (C=O) groups is 2. The topological polar surface area (TPSA) is 53.9 Å². The Balaban J connectivity index is 1.89. The third-order valence-electron chi connectivity index (χ3n) is 4.05. The lowest BCUT2D eigenvalue weighted by atomic mass is 10.00. The average Bonchev–Trinajstić information content (AvgIpc) is 2.60. The molecule has 3 amide bonds. The van der Waals surface area contributed by atoms with E-state index in [4.69, 9.17) is 0 Å². The van der Waals surface area contributed by atoms with Crippen molar-refractivity contribution in [3.05, 3.63) is 0 Å². The van der Waals surface area contributed by atoms with E-state index in [2.05, 4.69) is 12.2 Å². The Morgan fingerprint density at radius 1 is 1.33 bits per heavy atom. The number of piperidine rings is 1. The van der Waals surface area contributed by atoms with Gasteiger partial charge in [0, 0.05) is 0 Å². The summed E-state index contributed by atoms with van der Waals surface area (Å²) >= 11 is 0. The molecule has 2 aliphatic rings. The molecule has 5 nitrogen and oxygen atoms in total. The Morgan fingerprint density at radius 2 is 2.00 bits per heavy atom. The first-order chi connectivity index (χ1) is 8.61. The van der Waals surface area contributed by atoms with Crippen LogP contribution in [0.5, 0.6) is 0 Å². The quantitative estimate of drug-likeness (QED) is 0.693. The van der Waals surface area contributed by atoms with E-state index in [1.807, 2.05) is 6.92 Å². The SMILES string of the molecule is CCC[C@H]1NC(=O)N(C[NH+]2CCC(C)CC2)C1=O. The van der Waals surface area contributed by atoms with Gasteiger partial charge in [-0.2, -0.15) is 0 Å². The molecule has 18 heavy (non-hydrogen) atoms. The van der Waals surface area contributed by atoms with Crippen molar-refractivity contribution < 1.29 is 14.5 Å². The summed E-state index contributed by atoms with van der Waals surface area (Å²) in [5.74, 6) is 0.748. The second-order valence-corrected chi connectivity index (χ2v) is 5.65. The highest BCUT2D eigenvalue weighted by molar-refractivity contribution is 6.03. The highest BCUT2D eigenvalue weighted by atomic mass is 16.2. The van der Waals surface area contributed by atoms with E-state index in [-0.39, 0.29) is 18.0 Å². The van der Waals surface area contributed by atoms with E-state index in [0.717, 1.165) is 31.8 Å². The zero-order valence-corrected chi connectivity index (χ0v) is 11.4. The van der Waals surface area contributed by atoms with Crippen LogP contribution in [-0.2, 0) is 4.79 Å². The first-order valence-corrected chi connectivity index (χ1v) is 7.07. The molecular formula is C13H24N3O2+. The van der Waals surface area contributed by atoms with Gasteiger partial charge in [-0.05, 0) is 25.2 Å². The molecule has 0 bridgehead atoms. The van der Waals surface area contributed by atoms with Crippen LogP contribution < -0.4 is 10.2 Å². The van der Waals surface area contributed by atoms with Crippen LogP contribution in [0.1, 0.15) is 39.5 Å². The number of rotatable bonds is 4. The molecule has 0 aromatic rings. The number of imide groups is 1. The molecule has 2 heterocycles. The van der Waals surface area contributed by atoms with Crippen LogP contribution in [0.15, 0.2) is 0 Å². The van der Waals surface area contributed by atoms with Crippen molar-refractivity contribution in [1.82, 2.24) is 10.2 Å². The first kappa shape index (κ1) is 13.3. The Labute approximate surface area is 108 Å². The van der Waals surface area contributed by atoms with Crippen LogP contribution in [-0.4, -0.2) is 42.6 Å². The van der Waals surface area contributed by atoms with Gasteiger partial charge in [0.15, 0.2) is 6.67 Å². The molecule has 102 valence electrons. The standard InChI is InChI=1S/C13H23N3O2/c1-3-4-11-12(17)16(13(18)14-11)9-15-7-5-10(2)6-8-15/h10-11H,3-9H2,1-2H3,(H,14,18)/p+1/t11-/m1/s1. The summed E-state index contributed by atoms with van der Waals surface area (Å²) in [6, 6.07) is -0.491. The van der Waals surface area contributed by atoms with Crippen molar-refractivity contribution in [1.29, 1.82) is 0 Å². The van der Waals surface area contributed by atoms with E-state index >= 15 is 0 Å². The highest BCUT2D eigenvalue weighted by Gasteiger charge is 2.39. The zero-order valence-electron chi connectivity index (χ0n) is 11.4. The predicted octanol–water partition coefficient (Wildman–Crippen LogP) is -0.0208. The lowest BCUT2D eigenvalue weighted by molar-refractivity contribution is -0.913. The third-order valence-corrected chi connectivity index (χ3v) is 4.05. The summed E-state index contributed by atoms with van der Waals surface area (Å²) < 4.78 is 0. The fourth-order valence-electron chi connectivity index (χ4n) is 2.76. The maximum Gasteiger partial charge on any atom is 0.329 e. The molecule has 0 spiro atoms. The van der Waals surface area contributed by atoms with Crippen molar-refractivity contribution in [2.24, 2.45) is 5.92 Å². The minimum Gasteiger partial charge on any atom is -0.326 e. The Hall–Kier alpha value is -1.10. The van der Waals surface area contributed by atoms with E-state index in [1.165, 1.54) is 22.6 Å². The first-order valence-electron chi connectivity index (χ1n) is 7.07. The van der Waals surface area contributed by atoms with Crippen LogP contribution in [0.3, 0.4) is 0 Å². The van der Waals surface area contributed by atoms with Gasteiger partial charge >= 0.3 is 6.03 Å². The molecule has 0 radical (unpaired) electrons. The Morgan fingerprint density at radius 3 is 2.61 bits per heavy atom. The minimum absolute atomic E-state index is 0.0343. The molecule has 0 aromatic carbocycles. The van der Waals surface area contributed by atoms with Gasteiger partial charge < -0.3 is 10.2 Å². The van der Waals surface area contributed by atoms with Crippen LogP contribution in [0.2, 0.25) is 0 Å². The summed E-state index contributed by atoms with van der Waals surface area (Å²) in [7, 11) is 0. The number of urea groups is 1. The number of quaternary nitrogens is 1. The van der Waals surface area contributed by atoms with Gasteiger partial charge in [0.25, 0.3) is 5.91 Å². The van der Waals surface area contributed by atoms with Crippen molar-refractivity contribution >= 4 is 11.9 Å². The molecule has 0 aliphatic carbocycles. The summed E-state index contributed by atoms with van der Waals surface area (Å²) in [6.07, 6.45) is 4.04. The second-order valence-electron chi connectivity index (χ2n) is 5.65. The van der Waals surface area contributed by atoms with E-state index in [9.17, 15) is 9.59 Å². The van der Waals surface area contributed by atoms with Gasteiger partial charge in [-0.15, -0.1) is 0 Å². The molecule has 0 aromatic heterocycles. The smallest absolute Gasteiger partial charge is 0.326 e. The normalized spacial score (nSPS) is 32.8. The number of amides is 3. The van der Waals surface area contributed by atoms with Gasteiger partial charge in [-0.25, -0.2) is 9.69 Å². The van der Waals surface area contributed by atoms with Crippen molar-refractivity contribution in [3.8, 4) is 0 Å². The predicted molar refractivity (Wildman–Crippen MR) is 68.0 cm³/mol. The Bertz CT molecular complexity index is 324. The molecule has 5 heteroatoms. The van der Waals surface area contributed by atoms with Crippen LogP contribution >= 0.6 is 0 Å². The van der Waals surface area contributed by atoms with Gasteiger partial charge in [-0.3, -0.25) is 4.79 Å². The van der Waals surface area contributed by atoms with E-state index in [1.54, 1.807) is 0 Å². The zero-order chi connectivity index (χ0) is 13.1. The minimum atomic E-state index is -0.286. The number of carbonyl (C=O) groups excluding carboxylic acids is 2. The third kappa shape index (κ3) is 2.83. The molecule has 0 unspecified atom stereocenters. The summed E-state index contributed by atoms with van der Waals surface area (Å²) in [5.41, 5.74) is 0. The molecule has 2 N–H and O–H groups in total. The number of hydrogen-bond donors (Lipinski definition) is 2. The summed E-state index contributed by atoms with van der Waals surface area (Å²) in [5, 5.41) is 2.78. The molecule has 2 fully saturated rings. The van der Waals surface area contributed by atoms with Gasteiger partial charge in [-0.1, -0.05) is 20.3 Å². The lowest BCUT2D eigenvalue weighted by Gasteiger charge is -2.29. The molecule has 0 saturated carbocycles. The van der Waals surface area contributed by atoms with Gasteiger partial charge in [0.05, 0.1) is 13.1 Å². The molecule has 2 rings (SSSR count). The van der Waals surface area contributed by atoms with E-state index in [0.29, 0.717) is 6.67 Å². The summed E-state index contributed by atoms with van der Waals surface area (Å²) in [4.78, 5) is 26.6. The molecule has 1 atom stereocenters. The van der Waals surface area contributed by atoms with Crippen molar-refractivity contribution in [2.75, 3.05) is 19.8 Å². The highest BCUT2D eigenvalue weighted by Crippen LogP contribution is 2.10. The molecule has 2 aliphatic heterocycles. The van der Waals surface area contributed by atoms with Gasteiger partial charge in [0.2, 0.25) is 0 Å². The van der Waals surface area contributed by atoms with Crippen LogP contribution in [0.4, 0.5) is 4.79 Å². The van der Waals surface area contributed by atoms with Gasteiger partial charge in [0.1, 0.15) is 6.04 Å². The molecular weight excluding hydrogens is 230 g/mol. The lowest BCUT2D eigenvalue weighted by Crippen LogP contribution is -3.14. The maximum atomic E-state index is 12.1. The van der Waals surface area contributed by atoms with Crippen LogP contribution in [0.25, 0.3) is 0 Å². The average molecular weight is 254 g/mol. The number of nitrogens with zero attached hydrogens (tertiary/aromatic N) is 1. The van der Waals surface area contributed by atoms with E-state index < -0.39 is 0 Å². The molecule has 2 saturated heterocycles. The monoisotopic (exact) mass is 254 g/mol. The number of likely N-dealkylation sites (tertiary alicyclic amines) is 1. The fraction of sp³-hybridized carbons (Fsp3) is 0.846. The maximum absolute atomic E-state index is 12.1. The summed E-state index contributed by atoms with van der Waals surface area (Å²) in [6.45, 7) is 6.96. The van der Waals surface area contributed by atoms with Crippen molar-refractivity contribution in [3.63, 3.8) is 0 Å². The van der Waals surface area contributed by atoms with Crippen molar-refractivity contribution in [2.45, 2.75) is 45.6 Å². The second kappa shape index (κ2) is 5.69. The number of hydrogen-bond acceptors (Lipinski definition) is 2. The number of nitrogens with one attached hydrogen (secondary N) is 2. The Kier molecular flexibility index (Phi) is 4.22.